The molecule has 0 amide bonds. The quantitative estimate of drug-likeness (QED) is 0.721. The van der Waals surface area contributed by atoms with Gasteiger partial charge in [0.2, 0.25) is 0 Å². The van der Waals surface area contributed by atoms with E-state index in [-0.39, 0.29) is 11.0 Å². The lowest BCUT2D eigenvalue weighted by Crippen LogP contribution is -2.30. The average molecular weight is 363 g/mol. The maximum atomic E-state index is 5.80. The van der Waals surface area contributed by atoms with Gasteiger partial charge in [-0.05, 0) is 44.9 Å². The van der Waals surface area contributed by atoms with Crippen molar-refractivity contribution in [2.75, 3.05) is 13.2 Å². The lowest BCUT2D eigenvalue weighted by atomic mass is 10.1. The van der Waals surface area contributed by atoms with Gasteiger partial charge in [-0.15, -0.1) is 0 Å². The highest BCUT2D eigenvalue weighted by molar-refractivity contribution is 8.14. The molecule has 1 unspecified atom stereocenters. The summed E-state index contributed by atoms with van der Waals surface area (Å²) < 4.78 is 11.3. The first-order valence-electron chi connectivity index (χ1n) is 8.97. The van der Waals surface area contributed by atoms with Gasteiger partial charge in [0, 0.05) is 5.70 Å². The Labute approximate surface area is 156 Å². The third-order valence-corrected chi connectivity index (χ3v) is 4.64. The molecule has 1 N–H and O–H groups in total. The van der Waals surface area contributed by atoms with Crippen LogP contribution in [0.15, 0.2) is 52.5 Å². The first-order chi connectivity index (χ1) is 11.9. The van der Waals surface area contributed by atoms with Crippen LogP contribution in [-0.4, -0.2) is 29.2 Å². The first-order valence-corrected chi connectivity index (χ1v) is 9.85. The summed E-state index contributed by atoms with van der Waals surface area (Å²) in [6.07, 6.45) is 8.09. The van der Waals surface area contributed by atoms with Crippen molar-refractivity contribution in [3.8, 4) is 0 Å². The van der Waals surface area contributed by atoms with E-state index in [2.05, 4.69) is 30.1 Å². The summed E-state index contributed by atoms with van der Waals surface area (Å²) in [6, 6.07) is 0. The van der Waals surface area contributed by atoms with Crippen LogP contribution in [0, 0.1) is 0 Å². The molecule has 4 nitrogen and oxygen atoms in total. The second-order valence-corrected chi connectivity index (χ2v) is 8.00. The SMILES string of the molecule is C=C(CC1=NC2=CC=C(C3=CCCOC3)NC2S1)OC(C)(C)C.CC. The molecule has 3 heterocycles. The fraction of sp³-hybridized carbons (Fsp3) is 0.550. The van der Waals surface area contributed by atoms with Crippen LogP contribution >= 0.6 is 11.8 Å². The van der Waals surface area contributed by atoms with E-state index in [0.717, 1.165) is 35.2 Å². The summed E-state index contributed by atoms with van der Waals surface area (Å²) >= 11 is 1.74. The van der Waals surface area contributed by atoms with Crippen LogP contribution in [0.4, 0.5) is 0 Å². The number of hydrogen-bond donors (Lipinski definition) is 1. The highest BCUT2D eigenvalue weighted by Crippen LogP contribution is 2.35. The molecule has 3 aliphatic rings. The first kappa shape index (κ1) is 19.9. The van der Waals surface area contributed by atoms with E-state index in [0.29, 0.717) is 13.0 Å². The standard InChI is InChI=1S/C18H24N2O2S.C2H6/c1-12(22-18(2,3)4)10-16-19-15-8-7-14(20-17(15)23-16)13-6-5-9-21-11-13;1-2/h6-8,17,20H,1,5,9-11H2,2-4H3;1-2H3. The Bertz CT molecular complexity index is 624. The molecule has 0 fully saturated rings. The number of hydrogen-bond acceptors (Lipinski definition) is 5. The van der Waals surface area contributed by atoms with Crippen molar-refractivity contribution in [1.29, 1.82) is 0 Å². The summed E-state index contributed by atoms with van der Waals surface area (Å²) in [5.41, 5.74) is 3.23. The smallest absolute Gasteiger partial charge is 0.121 e. The molecule has 0 aromatic heterocycles. The lowest BCUT2D eigenvalue weighted by Gasteiger charge is -2.24. The maximum absolute atomic E-state index is 5.80. The van der Waals surface area contributed by atoms with Crippen LogP contribution in [0.25, 0.3) is 0 Å². The monoisotopic (exact) mass is 362 g/mol. The molecular weight excluding hydrogens is 332 g/mol. The van der Waals surface area contributed by atoms with Crippen LogP contribution < -0.4 is 5.32 Å². The van der Waals surface area contributed by atoms with Gasteiger partial charge in [0.1, 0.15) is 11.0 Å². The number of thioether (sulfide) groups is 1. The van der Waals surface area contributed by atoms with Gasteiger partial charge in [0.25, 0.3) is 0 Å². The highest BCUT2D eigenvalue weighted by Gasteiger charge is 2.29. The van der Waals surface area contributed by atoms with Crippen LogP contribution in [0.1, 0.15) is 47.5 Å². The number of nitrogens with zero attached hydrogens (tertiary/aromatic N) is 1. The molecule has 3 aliphatic heterocycles. The number of rotatable bonds is 4. The van der Waals surface area contributed by atoms with E-state index in [1.165, 1.54) is 5.57 Å². The molecule has 0 radical (unpaired) electrons. The normalized spacial score (nSPS) is 22.2. The Morgan fingerprint density at radius 1 is 1.40 bits per heavy atom. The van der Waals surface area contributed by atoms with E-state index in [4.69, 9.17) is 14.5 Å². The van der Waals surface area contributed by atoms with E-state index in [9.17, 15) is 0 Å². The molecule has 0 spiro atoms. The zero-order valence-electron chi connectivity index (χ0n) is 16.0. The second-order valence-electron chi connectivity index (χ2n) is 6.82. The molecule has 5 heteroatoms. The molecule has 138 valence electrons. The fourth-order valence-electron chi connectivity index (χ4n) is 2.68. The molecule has 0 aromatic carbocycles. The second kappa shape index (κ2) is 8.77. The van der Waals surface area contributed by atoms with Gasteiger partial charge in [-0.3, -0.25) is 0 Å². The molecule has 0 bridgehead atoms. The van der Waals surface area contributed by atoms with Gasteiger partial charge in [-0.2, -0.15) is 0 Å². The maximum Gasteiger partial charge on any atom is 0.121 e. The van der Waals surface area contributed by atoms with Crippen molar-refractivity contribution >= 4 is 16.8 Å². The Balaban J connectivity index is 0.00000109. The minimum Gasteiger partial charge on any atom is -0.493 e. The van der Waals surface area contributed by atoms with Gasteiger partial charge in [-0.25, -0.2) is 4.99 Å². The van der Waals surface area contributed by atoms with Crippen LogP contribution in [0.5, 0.6) is 0 Å². The Kier molecular flexibility index (Phi) is 6.96. The number of ether oxygens (including phenoxy) is 2. The Hall–Kier alpha value is -1.46. The van der Waals surface area contributed by atoms with Crippen molar-refractivity contribution in [2.45, 2.75) is 58.4 Å². The van der Waals surface area contributed by atoms with Crippen LogP contribution in [0.3, 0.4) is 0 Å². The van der Waals surface area contributed by atoms with Crippen molar-refractivity contribution in [3.05, 3.63) is 47.5 Å². The van der Waals surface area contributed by atoms with Gasteiger partial charge in [0.05, 0.1) is 36.1 Å². The largest absolute Gasteiger partial charge is 0.493 e. The minimum absolute atomic E-state index is 0.176. The third-order valence-electron chi connectivity index (χ3n) is 3.54. The van der Waals surface area contributed by atoms with Crippen molar-refractivity contribution in [3.63, 3.8) is 0 Å². The van der Waals surface area contributed by atoms with Gasteiger partial charge in [0.15, 0.2) is 0 Å². The van der Waals surface area contributed by atoms with E-state index >= 15 is 0 Å². The van der Waals surface area contributed by atoms with Gasteiger partial charge in [-0.1, -0.05) is 38.3 Å². The molecule has 0 aromatic rings. The molecule has 0 saturated carbocycles. The number of dihydropyridines is 1. The van der Waals surface area contributed by atoms with Crippen molar-refractivity contribution in [2.24, 2.45) is 4.99 Å². The predicted octanol–water partition coefficient (Wildman–Crippen LogP) is 4.92. The number of allylic oxidation sites excluding steroid dienone is 3. The lowest BCUT2D eigenvalue weighted by molar-refractivity contribution is 0.0518. The Morgan fingerprint density at radius 2 is 2.16 bits per heavy atom. The molecule has 0 aliphatic carbocycles. The van der Waals surface area contributed by atoms with E-state index in [1.807, 2.05) is 34.6 Å². The summed E-state index contributed by atoms with van der Waals surface area (Å²) in [4.78, 5) is 4.70. The zero-order valence-corrected chi connectivity index (χ0v) is 16.8. The van der Waals surface area contributed by atoms with Crippen molar-refractivity contribution < 1.29 is 9.47 Å². The number of fused-ring (bicyclic) bond motifs is 1. The Morgan fingerprint density at radius 3 is 2.80 bits per heavy atom. The molecular formula is C20H30N2O2S. The minimum atomic E-state index is -0.215. The highest BCUT2D eigenvalue weighted by atomic mass is 32.2. The molecule has 0 saturated heterocycles. The third kappa shape index (κ3) is 5.79. The molecule has 3 rings (SSSR count). The van der Waals surface area contributed by atoms with E-state index < -0.39 is 0 Å². The molecule has 25 heavy (non-hydrogen) atoms. The predicted molar refractivity (Wildman–Crippen MR) is 108 cm³/mol. The number of aliphatic imine (C=N–C) groups is 1. The van der Waals surface area contributed by atoms with E-state index in [1.54, 1.807) is 11.8 Å². The summed E-state index contributed by atoms with van der Waals surface area (Å²) in [7, 11) is 0. The molecule has 1 atom stereocenters. The zero-order chi connectivity index (χ0) is 18.4. The van der Waals surface area contributed by atoms with Gasteiger partial charge < -0.3 is 14.8 Å². The topological polar surface area (TPSA) is 42.8 Å². The van der Waals surface area contributed by atoms with Crippen LogP contribution in [-0.2, 0) is 9.47 Å². The van der Waals surface area contributed by atoms with Crippen LogP contribution in [0.2, 0.25) is 0 Å². The summed E-state index contributed by atoms with van der Waals surface area (Å²) in [5, 5.41) is 4.78. The summed E-state index contributed by atoms with van der Waals surface area (Å²) in [5.74, 6) is 0.763. The average Bonchev–Trinajstić information content (AvgIpc) is 2.96. The number of nitrogens with one attached hydrogen (secondary N) is 1. The van der Waals surface area contributed by atoms with Crippen molar-refractivity contribution in [1.82, 2.24) is 5.32 Å². The summed E-state index contributed by atoms with van der Waals surface area (Å²) in [6.45, 7) is 15.6. The fourth-order valence-corrected chi connectivity index (χ4v) is 3.79. The van der Waals surface area contributed by atoms with Gasteiger partial charge >= 0.3 is 0 Å².